The van der Waals surface area contributed by atoms with Gasteiger partial charge in [0.1, 0.15) is 0 Å². The fourth-order valence-electron chi connectivity index (χ4n) is 1.13. The molecule has 1 rings (SSSR count). The fourth-order valence-corrected chi connectivity index (χ4v) is 1.13. The van der Waals surface area contributed by atoms with Gasteiger partial charge in [0.25, 0.3) is 0 Å². The Morgan fingerprint density at radius 2 is 1.81 bits per heavy atom. The van der Waals surface area contributed by atoms with Gasteiger partial charge in [0.15, 0.2) is 0 Å². The zero-order valence-electron chi connectivity index (χ0n) is 9.18. The number of hydrogen-bond donors (Lipinski definition) is 1. The predicted octanol–water partition coefficient (Wildman–Crippen LogP) is 3.46. The molecular weight excluding hydrogens is 215 g/mol. The number of rotatable bonds is 2. The van der Waals surface area contributed by atoms with Gasteiger partial charge in [0.2, 0.25) is 0 Å². The highest BCUT2D eigenvalue weighted by Gasteiger charge is 2.30. The van der Waals surface area contributed by atoms with Gasteiger partial charge in [-0.1, -0.05) is 24.3 Å². The highest BCUT2D eigenvalue weighted by Crippen LogP contribution is 2.29. The molecule has 0 unspecified atom stereocenters. The van der Waals surface area contributed by atoms with Gasteiger partial charge in [-0.2, -0.15) is 13.2 Å². The Hall–Kier alpha value is -1.29. The van der Waals surface area contributed by atoms with Crippen molar-refractivity contribution in [3.05, 3.63) is 41.5 Å². The van der Waals surface area contributed by atoms with E-state index in [0.717, 1.165) is 12.1 Å². The lowest BCUT2D eigenvalue weighted by Gasteiger charge is -2.12. The van der Waals surface area contributed by atoms with E-state index in [0.29, 0.717) is 5.56 Å². The number of benzene rings is 1. The molecule has 0 spiro atoms. The van der Waals surface area contributed by atoms with Gasteiger partial charge in [0, 0.05) is 5.54 Å². The van der Waals surface area contributed by atoms with Gasteiger partial charge in [-0.25, -0.2) is 0 Å². The highest BCUT2D eigenvalue weighted by molar-refractivity contribution is 5.52. The van der Waals surface area contributed by atoms with Crippen LogP contribution in [0.5, 0.6) is 0 Å². The summed E-state index contributed by atoms with van der Waals surface area (Å²) in [5, 5.41) is 0. The number of alkyl halides is 3. The van der Waals surface area contributed by atoms with E-state index in [-0.39, 0.29) is 0 Å². The minimum Gasteiger partial charge on any atom is -0.322 e. The van der Waals surface area contributed by atoms with Crippen LogP contribution in [0.1, 0.15) is 25.0 Å². The molecule has 1 aromatic carbocycles. The molecule has 0 fully saturated rings. The van der Waals surface area contributed by atoms with Gasteiger partial charge >= 0.3 is 6.18 Å². The van der Waals surface area contributed by atoms with Gasteiger partial charge in [-0.05, 0) is 31.5 Å². The Labute approximate surface area is 92.8 Å². The van der Waals surface area contributed by atoms with Crippen molar-refractivity contribution in [3.63, 3.8) is 0 Å². The largest absolute Gasteiger partial charge is 0.416 e. The minimum absolute atomic E-state index is 0.494. The standard InChI is InChI=1S/C12H14F3N/c1-11(2,16)7-6-9-4-3-5-10(8-9)12(13,14)15/h3-8H,16H2,1-2H3/b7-6+. The summed E-state index contributed by atoms with van der Waals surface area (Å²) in [7, 11) is 0. The third-order valence-corrected chi connectivity index (χ3v) is 1.92. The Morgan fingerprint density at radius 1 is 1.19 bits per heavy atom. The summed E-state index contributed by atoms with van der Waals surface area (Å²) in [6, 6.07) is 5.14. The Bertz CT molecular complexity index is 386. The topological polar surface area (TPSA) is 26.0 Å². The van der Waals surface area contributed by atoms with E-state index in [1.54, 1.807) is 32.1 Å². The molecule has 0 radical (unpaired) electrons. The molecule has 0 heterocycles. The van der Waals surface area contributed by atoms with E-state index >= 15 is 0 Å². The minimum atomic E-state index is -4.30. The molecule has 0 aliphatic carbocycles. The lowest BCUT2D eigenvalue weighted by atomic mass is 10.0. The molecule has 0 amide bonds. The van der Waals surface area contributed by atoms with Crippen LogP contribution >= 0.6 is 0 Å². The van der Waals surface area contributed by atoms with Gasteiger partial charge in [-0.15, -0.1) is 0 Å². The lowest BCUT2D eigenvalue weighted by molar-refractivity contribution is -0.137. The Kier molecular flexibility index (Phi) is 3.43. The van der Waals surface area contributed by atoms with E-state index in [1.165, 1.54) is 6.07 Å². The van der Waals surface area contributed by atoms with Crippen molar-refractivity contribution in [2.24, 2.45) is 5.73 Å². The second kappa shape index (κ2) is 4.29. The Morgan fingerprint density at radius 3 is 2.31 bits per heavy atom. The molecule has 1 aromatic rings. The summed E-state index contributed by atoms with van der Waals surface area (Å²) < 4.78 is 37.2. The van der Waals surface area contributed by atoms with Crippen LogP contribution in [0, 0.1) is 0 Å². The molecule has 0 aliphatic rings. The maximum atomic E-state index is 12.4. The van der Waals surface area contributed by atoms with Crippen molar-refractivity contribution in [2.45, 2.75) is 25.6 Å². The molecule has 0 bridgehead atoms. The van der Waals surface area contributed by atoms with E-state index in [2.05, 4.69) is 0 Å². The van der Waals surface area contributed by atoms with Gasteiger partial charge in [0.05, 0.1) is 5.56 Å². The summed E-state index contributed by atoms with van der Waals surface area (Å²) in [6.45, 7) is 3.55. The van der Waals surface area contributed by atoms with Crippen LogP contribution < -0.4 is 5.73 Å². The first-order valence-electron chi connectivity index (χ1n) is 4.84. The fraction of sp³-hybridized carbons (Fsp3) is 0.333. The first-order valence-corrected chi connectivity index (χ1v) is 4.84. The van der Waals surface area contributed by atoms with Crippen LogP contribution in [-0.2, 0) is 6.18 Å². The van der Waals surface area contributed by atoms with Crippen molar-refractivity contribution < 1.29 is 13.2 Å². The van der Waals surface area contributed by atoms with Crippen LogP contribution in [0.15, 0.2) is 30.3 Å². The molecule has 2 N–H and O–H groups in total. The third-order valence-electron chi connectivity index (χ3n) is 1.92. The monoisotopic (exact) mass is 229 g/mol. The van der Waals surface area contributed by atoms with E-state index in [4.69, 9.17) is 5.73 Å². The Balaban J connectivity index is 2.96. The zero-order valence-corrected chi connectivity index (χ0v) is 9.18. The normalized spacial score (nSPS) is 13.4. The smallest absolute Gasteiger partial charge is 0.322 e. The first kappa shape index (κ1) is 12.8. The van der Waals surface area contributed by atoms with Crippen LogP contribution in [0.25, 0.3) is 6.08 Å². The van der Waals surface area contributed by atoms with Crippen molar-refractivity contribution in [1.29, 1.82) is 0 Å². The average Bonchev–Trinajstić information content (AvgIpc) is 2.13. The van der Waals surface area contributed by atoms with E-state index in [9.17, 15) is 13.2 Å². The summed E-state index contributed by atoms with van der Waals surface area (Å²) in [4.78, 5) is 0. The van der Waals surface area contributed by atoms with Crippen LogP contribution in [0.2, 0.25) is 0 Å². The maximum absolute atomic E-state index is 12.4. The highest BCUT2D eigenvalue weighted by atomic mass is 19.4. The maximum Gasteiger partial charge on any atom is 0.416 e. The van der Waals surface area contributed by atoms with Crippen molar-refractivity contribution in [2.75, 3.05) is 0 Å². The lowest BCUT2D eigenvalue weighted by Crippen LogP contribution is -2.28. The molecule has 88 valence electrons. The first-order chi connectivity index (χ1) is 7.18. The second-order valence-corrected chi connectivity index (χ2v) is 4.28. The van der Waals surface area contributed by atoms with Gasteiger partial charge < -0.3 is 5.73 Å². The van der Waals surface area contributed by atoms with Crippen LogP contribution in [0.4, 0.5) is 13.2 Å². The van der Waals surface area contributed by atoms with Crippen molar-refractivity contribution >= 4 is 6.08 Å². The molecule has 16 heavy (non-hydrogen) atoms. The van der Waals surface area contributed by atoms with E-state index in [1.807, 2.05) is 0 Å². The molecule has 0 aliphatic heterocycles. The number of hydrogen-bond acceptors (Lipinski definition) is 1. The summed E-state index contributed by atoms with van der Waals surface area (Å²) in [5.74, 6) is 0. The third kappa shape index (κ3) is 4.06. The quantitative estimate of drug-likeness (QED) is 0.825. The number of nitrogens with two attached hydrogens (primary N) is 1. The van der Waals surface area contributed by atoms with Crippen LogP contribution in [0.3, 0.4) is 0 Å². The molecular formula is C12H14F3N. The molecule has 0 atom stereocenters. The molecule has 0 saturated heterocycles. The molecule has 4 heteroatoms. The number of halogens is 3. The zero-order chi connectivity index (χ0) is 12.4. The van der Waals surface area contributed by atoms with Crippen molar-refractivity contribution in [3.8, 4) is 0 Å². The SMILES string of the molecule is CC(C)(N)/C=C/c1cccc(C(F)(F)F)c1. The van der Waals surface area contributed by atoms with Crippen molar-refractivity contribution in [1.82, 2.24) is 0 Å². The van der Waals surface area contributed by atoms with E-state index < -0.39 is 17.3 Å². The summed E-state index contributed by atoms with van der Waals surface area (Å²) in [5.41, 5.74) is 5.01. The molecule has 0 aromatic heterocycles. The summed E-state index contributed by atoms with van der Waals surface area (Å²) >= 11 is 0. The summed E-state index contributed by atoms with van der Waals surface area (Å²) in [6.07, 6.45) is -1.04. The molecule has 0 saturated carbocycles. The molecule has 1 nitrogen and oxygen atoms in total. The average molecular weight is 229 g/mol. The predicted molar refractivity (Wildman–Crippen MR) is 58.7 cm³/mol. The second-order valence-electron chi connectivity index (χ2n) is 4.28. The van der Waals surface area contributed by atoms with Gasteiger partial charge in [-0.3, -0.25) is 0 Å². The van der Waals surface area contributed by atoms with Crippen LogP contribution in [-0.4, -0.2) is 5.54 Å².